The molecule has 2 aromatic carbocycles. The highest BCUT2D eigenvalue weighted by atomic mass is 15.4. The molecule has 0 bridgehead atoms. The molecule has 0 spiro atoms. The molecule has 0 saturated carbocycles. The van der Waals surface area contributed by atoms with E-state index in [1.54, 1.807) is 0 Å². The lowest BCUT2D eigenvalue weighted by molar-refractivity contribution is 0.553. The molecule has 2 aromatic rings. The van der Waals surface area contributed by atoms with Gasteiger partial charge in [-0.25, -0.2) is 4.99 Å². The Hall–Kier alpha value is -2.82. The molecule has 0 radical (unpaired) electrons. The second-order valence-electron chi connectivity index (χ2n) is 5.52. The van der Waals surface area contributed by atoms with Crippen LogP contribution in [0.3, 0.4) is 0 Å². The van der Waals surface area contributed by atoms with Crippen LogP contribution in [-0.4, -0.2) is 48.9 Å². The maximum absolute atomic E-state index is 4.74. The van der Waals surface area contributed by atoms with Gasteiger partial charge in [0.1, 0.15) is 0 Å². The van der Waals surface area contributed by atoms with E-state index in [0.717, 1.165) is 30.4 Å². The molecule has 118 valence electrons. The van der Waals surface area contributed by atoms with Gasteiger partial charge in [-0.2, -0.15) is 4.99 Å². The number of guanidine groups is 2. The monoisotopic (exact) mass is 307 g/mol. The molecule has 0 unspecified atom stereocenters. The summed E-state index contributed by atoms with van der Waals surface area (Å²) < 4.78 is 0. The molecule has 0 atom stereocenters. The Balaban J connectivity index is 1.93. The molecule has 5 heteroatoms. The van der Waals surface area contributed by atoms with Crippen LogP contribution in [0.1, 0.15) is 0 Å². The molecular formula is C18H21N5. The summed E-state index contributed by atoms with van der Waals surface area (Å²) in [6.07, 6.45) is 0. The van der Waals surface area contributed by atoms with E-state index in [0.29, 0.717) is 5.96 Å². The number of anilines is 1. The van der Waals surface area contributed by atoms with Crippen molar-refractivity contribution in [1.29, 1.82) is 0 Å². The average molecular weight is 307 g/mol. The van der Waals surface area contributed by atoms with Crippen LogP contribution in [0.4, 0.5) is 11.4 Å². The molecule has 1 aliphatic heterocycles. The molecule has 1 heterocycles. The van der Waals surface area contributed by atoms with Crippen LogP contribution >= 0.6 is 0 Å². The number of rotatable bonds is 2. The number of nitrogens with one attached hydrogen (secondary N) is 1. The standard InChI is InChI=1S/C18H21N5/c1-22-13-14-23(2)18(22)21-17(19-15-9-5-3-6-10-15)20-16-11-7-4-8-12-16/h3-12H,13-14H2,1-2H3,(H,19,20). The van der Waals surface area contributed by atoms with Crippen LogP contribution in [-0.2, 0) is 0 Å². The first kappa shape index (κ1) is 15.1. The number of hydrogen-bond donors (Lipinski definition) is 1. The van der Waals surface area contributed by atoms with Crippen molar-refractivity contribution in [2.75, 3.05) is 32.5 Å². The SMILES string of the molecule is CN1CCN(C)C1=N/C(=N\c1ccccc1)Nc1ccccc1. The molecule has 1 N–H and O–H groups in total. The van der Waals surface area contributed by atoms with Gasteiger partial charge in [0.15, 0.2) is 0 Å². The predicted molar refractivity (Wildman–Crippen MR) is 96.3 cm³/mol. The Morgan fingerprint density at radius 1 is 0.870 bits per heavy atom. The van der Waals surface area contributed by atoms with E-state index in [2.05, 4.69) is 20.1 Å². The van der Waals surface area contributed by atoms with Crippen LogP contribution < -0.4 is 5.32 Å². The smallest absolute Gasteiger partial charge is 0.231 e. The fourth-order valence-electron chi connectivity index (χ4n) is 2.41. The van der Waals surface area contributed by atoms with E-state index in [4.69, 9.17) is 4.99 Å². The molecule has 1 fully saturated rings. The molecule has 0 amide bonds. The largest absolute Gasteiger partial charge is 0.344 e. The van der Waals surface area contributed by atoms with Gasteiger partial charge in [0, 0.05) is 32.9 Å². The van der Waals surface area contributed by atoms with E-state index < -0.39 is 0 Å². The Labute approximate surface area is 137 Å². The van der Waals surface area contributed by atoms with Crippen LogP contribution in [0.25, 0.3) is 0 Å². The van der Waals surface area contributed by atoms with Gasteiger partial charge < -0.3 is 15.1 Å². The lowest BCUT2D eigenvalue weighted by Gasteiger charge is -2.16. The highest BCUT2D eigenvalue weighted by Crippen LogP contribution is 2.14. The van der Waals surface area contributed by atoms with Crippen molar-refractivity contribution in [2.45, 2.75) is 0 Å². The van der Waals surface area contributed by atoms with Gasteiger partial charge in [-0.05, 0) is 24.3 Å². The molecule has 0 aromatic heterocycles. The summed E-state index contributed by atoms with van der Waals surface area (Å²) in [5, 5.41) is 3.30. The first-order valence-electron chi connectivity index (χ1n) is 7.69. The highest BCUT2D eigenvalue weighted by molar-refractivity contribution is 6.03. The van der Waals surface area contributed by atoms with Crippen molar-refractivity contribution >= 4 is 23.3 Å². The lowest BCUT2D eigenvalue weighted by Crippen LogP contribution is -2.30. The quantitative estimate of drug-likeness (QED) is 0.685. The maximum atomic E-state index is 4.74. The molecule has 1 aliphatic rings. The summed E-state index contributed by atoms with van der Waals surface area (Å²) in [5.41, 5.74) is 1.84. The Morgan fingerprint density at radius 2 is 1.43 bits per heavy atom. The zero-order chi connectivity index (χ0) is 16.1. The first-order valence-corrected chi connectivity index (χ1v) is 7.69. The minimum Gasteiger partial charge on any atom is -0.344 e. The van der Waals surface area contributed by atoms with Gasteiger partial charge in [0.25, 0.3) is 0 Å². The van der Waals surface area contributed by atoms with Crippen molar-refractivity contribution in [2.24, 2.45) is 9.98 Å². The van der Waals surface area contributed by atoms with Crippen molar-refractivity contribution in [1.82, 2.24) is 9.80 Å². The predicted octanol–water partition coefficient (Wildman–Crippen LogP) is 3.02. The average Bonchev–Trinajstić information content (AvgIpc) is 2.89. The summed E-state index contributed by atoms with van der Waals surface area (Å²) in [4.78, 5) is 13.7. The van der Waals surface area contributed by atoms with Crippen molar-refractivity contribution in [3.63, 3.8) is 0 Å². The number of likely N-dealkylation sites (N-methyl/N-ethyl adjacent to an activating group) is 2. The van der Waals surface area contributed by atoms with Gasteiger partial charge in [-0.15, -0.1) is 0 Å². The minimum atomic E-state index is 0.581. The zero-order valence-corrected chi connectivity index (χ0v) is 13.5. The second-order valence-corrected chi connectivity index (χ2v) is 5.52. The molecule has 5 nitrogen and oxygen atoms in total. The van der Waals surface area contributed by atoms with E-state index in [9.17, 15) is 0 Å². The number of hydrogen-bond acceptors (Lipinski definition) is 1. The van der Waals surface area contributed by atoms with E-state index in [-0.39, 0.29) is 0 Å². The molecule has 0 aliphatic carbocycles. The van der Waals surface area contributed by atoms with Crippen molar-refractivity contribution in [3.8, 4) is 0 Å². The summed E-state index contributed by atoms with van der Waals surface area (Å²) in [6, 6.07) is 19.8. The van der Waals surface area contributed by atoms with Crippen LogP contribution in [0.5, 0.6) is 0 Å². The van der Waals surface area contributed by atoms with Gasteiger partial charge in [-0.3, -0.25) is 0 Å². The third-order valence-electron chi connectivity index (χ3n) is 3.68. The van der Waals surface area contributed by atoms with E-state index in [1.807, 2.05) is 74.8 Å². The van der Waals surface area contributed by atoms with E-state index >= 15 is 0 Å². The van der Waals surface area contributed by atoms with Gasteiger partial charge in [0.2, 0.25) is 11.9 Å². The summed E-state index contributed by atoms with van der Waals surface area (Å²) in [6.45, 7) is 1.94. The minimum absolute atomic E-state index is 0.581. The number of aliphatic imine (C=N–C) groups is 2. The maximum Gasteiger partial charge on any atom is 0.231 e. The molecular weight excluding hydrogens is 286 g/mol. The van der Waals surface area contributed by atoms with Crippen LogP contribution in [0.2, 0.25) is 0 Å². The fraction of sp³-hybridized carbons (Fsp3) is 0.222. The molecule has 3 rings (SSSR count). The fourth-order valence-corrected chi connectivity index (χ4v) is 2.41. The first-order chi connectivity index (χ1) is 11.2. The molecule has 23 heavy (non-hydrogen) atoms. The number of benzene rings is 2. The summed E-state index contributed by atoms with van der Waals surface area (Å²) >= 11 is 0. The Morgan fingerprint density at radius 3 is 2.04 bits per heavy atom. The van der Waals surface area contributed by atoms with Gasteiger partial charge in [0.05, 0.1) is 5.69 Å². The number of nitrogens with zero attached hydrogens (tertiary/aromatic N) is 4. The van der Waals surface area contributed by atoms with Gasteiger partial charge >= 0.3 is 0 Å². The van der Waals surface area contributed by atoms with E-state index in [1.165, 1.54) is 0 Å². The third kappa shape index (κ3) is 3.88. The number of para-hydroxylation sites is 2. The van der Waals surface area contributed by atoms with Crippen molar-refractivity contribution in [3.05, 3.63) is 60.7 Å². The van der Waals surface area contributed by atoms with Crippen LogP contribution in [0, 0.1) is 0 Å². The summed E-state index contributed by atoms with van der Waals surface area (Å²) in [7, 11) is 4.09. The van der Waals surface area contributed by atoms with Crippen molar-refractivity contribution < 1.29 is 0 Å². The summed E-state index contributed by atoms with van der Waals surface area (Å²) in [5.74, 6) is 1.50. The van der Waals surface area contributed by atoms with Gasteiger partial charge in [-0.1, -0.05) is 36.4 Å². The normalized spacial score (nSPS) is 15.0. The molecule has 1 saturated heterocycles. The second kappa shape index (κ2) is 6.96. The zero-order valence-electron chi connectivity index (χ0n) is 13.5. The lowest BCUT2D eigenvalue weighted by atomic mass is 10.3. The Kier molecular flexibility index (Phi) is 4.57. The highest BCUT2D eigenvalue weighted by Gasteiger charge is 2.20. The topological polar surface area (TPSA) is 43.2 Å². The third-order valence-corrected chi connectivity index (χ3v) is 3.68. The Bertz CT molecular complexity index is 682. The van der Waals surface area contributed by atoms with Crippen LogP contribution in [0.15, 0.2) is 70.6 Å².